The molecule has 0 fully saturated rings. The molecule has 0 aliphatic heterocycles. The first-order chi connectivity index (χ1) is 13.9. The number of aryl methyl sites for hydroxylation is 1. The summed E-state index contributed by atoms with van der Waals surface area (Å²) in [6, 6.07) is 20.7. The van der Waals surface area contributed by atoms with E-state index in [9.17, 15) is 8.42 Å². The van der Waals surface area contributed by atoms with Crippen molar-refractivity contribution in [3.8, 4) is 24.2 Å². The van der Waals surface area contributed by atoms with E-state index in [-0.39, 0.29) is 11.4 Å². The van der Waals surface area contributed by atoms with Crippen LogP contribution in [0.15, 0.2) is 77.7 Å². The van der Waals surface area contributed by atoms with Crippen molar-refractivity contribution < 1.29 is 8.42 Å². The van der Waals surface area contributed by atoms with Gasteiger partial charge in [-0.15, -0.1) is 6.42 Å². The van der Waals surface area contributed by atoms with Crippen LogP contribution in [0.5, 0.6) is 0 Å². The lowest BCUT2D eigenvalue weighted by molar-refractivity contribution is 0.593. The number of nitrogens with zero attached hydrogens (tertiary/aromatic N) is 1. The molecule has 0 saturated heterocycles. The predicted molar refractivity (Wildman–Crippen MR) is 118 cm³/mol. The third kappa shape index (κ3) is 4.63. The fourth-order valence-electron chi connectivity index (χ4n) is 2.72. The number of para-hydroxylation sites is 1. The first-order valence-corrected chi connectivity index (χ1v) is 10.6. The Morgan fingerprint density at radius 2 is 1.55 bits per heavy atom. The van der Waals surface area contributed by atoms with Crippen molar-refractivity contribution in [3.05, 3.63) is 94.5 Å². The summed E-state index contributed by atoms with van der Waals surface area (Å²) in [5.41, 5.74) is 2.48. The lowest BCUT2D eigenvalue weighted by atomic mass is 10.2. The molecule has 5 heteroatoms. The van der Waals surface area contributed by atoms with E-state index in [1.54, 1.807) is 60.7 Å². The van der Waals surface area contributed by atoms with E-state index >= 15 is 0 Å². The van der Waals surface area contributed by atoms with Crippen LogP contribution < -0.4 is 4.31 Å². The maximum absolute atomic E-state index is 13.4. The van der Waals surface area contributed by atoms with Crippen LogP contribution in [-0.4, -0.2) is 15.0 Å². The quantitative estimate of drug-likeness (QED) is 0.565. The molecule has 0 heterocycles. The molecule has 0 unspecified atom stereocenters. The van der Waals surface area contributed by atoms with Gasteiger partial charge in [-0.1, -0.05) is 71.3 Å². The molecule has 0 N–H and O–H groups in total. The van der Waals surface area contributed by atoms with Gasteiger partial charge in [0.25, 0.3) is 10.0 Å². The molecule has 0 atom stereocenters. The van der Waals surface area contributed by atoms with Crippen LogP contribution in [0.3, 0.4) is 0 Å². The first kappa shape index (κ1) is 20.6. The smallest absolute Gasteiger partial charge is 0.253 e. The maximum Gasteiger partial charge on any atom is 0.265 e. The van der Waals surface area contributed by atoms with Gasteiger partial charge in [0, 0.05) is 11.1 Å². The minimum atomic E-state index is -3.87. The molecule has 3 aromatic rings. The Morgan fingerprint density at radius 1 is 0.931 bits per heavy atom. The number of sulfonamides is 1. The molecule has 3 rings (SSSR count). The van der Waals surface area contributed by atoms with E-state index in [0.717, 1.165) is 5.56 Å². The van der Waals surface area contributed by atoms with Gasteiger partial charge in [0.2, 0.25) is 0 Å². The predicted octanol–water partition coefficient (Wildman–Crippen LogP) is 4.88. The molecule has 0 aromatic heterocycles. The highest BCUT2D eigenvalue weighted by molar-refractivity contribution is 7.92. The zero-order chi connectivity index (χ0) is 20.9. The number of anilines is 1. The van der Waals surface area contributed by atoms with Crippen LogP contribution in [0.1, 0.15) is 16.7 Å². The van der Waals surface area contributed by atoms with Crippen LogP contribution >= 0.6 is 11.6 Å². The monoisotopic (exact) mass is 419 g/mol. The second-order valence-electron chi connectivity index (χ2n) is 6.27. The summed E-state index contributed by atoms with van der Waals surface area (Å²) in [4.78, 5) is 0.175. The Morgan fingerprint density at radius 3 is 2.21 bits per heavy atom. The number of halogens is 1. The van der Waals surface area contributed by atoms with Gasteiger partial charge in [-0.05, 0) is 43.3 Å². The number of rotatable bonds is 4. The first-order valence-electron chi connectivity index (χ1n) is 8.82. The van der Waals surface area contributed by atoms with E-state index in [1.807, 2.05) is 19.1 Å². The lowest BCUT2D eigenvalue weighted by Crippen LogP contribution is -2.32. The van der Waals surface area contributed by atoms with E-state index in [4.69, 9.17) is 18.0 Å². The van der Waals surface area contributed by atoms with E-state index < -0.39 is 10.0 Å². The zero-order valence-electron chi connectivity index (χ0n) is 15.8. The van der Waals surface area contributed by atoms with Crippen LogP contribution in [0.2, 0.25) is 5.02 Å². The number of hydrogen-bond acceptors (Lipinski definition) is 2. The Labute approximate surface area is 177 Å². The fourth-order valence-corrected chi connectivity index (χ4v) is 4.29. The number of hydrogen-bond donors (Lipinski definition) is 0. The summed E-state index contributed by atoms with van der Waals surface area (Å²) in [5, 5.41) is 0.511. The Balaban J connectivity index is 2.07. The van der Waals surface area contributed by atoms with Gasteiger partial charge in [-0.2, -0.15) is 0 Å². The summed E-state index contributed by atoms with van der Waals surface area (Å²) >= 11 is 6.14. The topological polar surface area (TPSA) is 37.4 Å². The van der Waals surface area contributed by atoms with Gasteiger partial charge < -0.3 is 0 Å². The fraction of sp³-hybridized carbons (Fsp3) is 0.0833. The summed E-state index contributed by atoms with van der Waals surface area (Å²) in [6.45, 7) is 1.83. The summed E-state index contributed by atoms with van der Waals surface area (Å²) in [6.07, 6.45) is 5.60. The average molecular weight is 420 g/mol. The van der Waals surface area contributed by atoms with E-state index in [1.165, 1.54) is 4.31 Å². The van der Waals surface area contributed by atoms with Crippen LogP contribution in [0.25, 0.3) is 0 Å². The molecular weight excluding hydrogens is 402 g/mol. The van der Waals surface area contributed by atoms with Gasteiger partial charge in [-0.25, -0.2) is 8.42 Å². The molecule has 0 radical (unpaired) electrons. The average Bonchev–Trinajstić information content (AvgIpc) is 2.72. The largest absolute Gasteiger partial charge is 0.265 e. The van der Waals surface area contributed by atoms with Crippen molar-refractivity contribution in [2.45, 2.75) is 11.8 Å². The molecule has 3 aromatic carbocycles. The second kappa shape index (κ2) is 8.88. The maximum atomic E-state index is 13.4. The lowest BCUT2D eigenvalue weighted by Gasteiger charge is -2.23. The highest BCUT2D eigenvalue weighted by atomic mass is 35.5. The van der Waals surface area contributed by atoms with Gasteiger partial charge in [0.15, 0.2) is 0 Å². The number of benzene rings is 3. The SMILES string of the molecule is C#Cc1ccccc1N(CC#Cc1ccccc1Cl)S(=O)(=O)c1ccc(C)cc1. The second-order valence-corrected chi connectivity index (χ2v) is 8.54. The highest BCUT2D eigenvalue weighted by Gasteiger charge is 2.25. The molecule has 29 heavy (non-hydrogen) atoms. The van der Waals surface area contributed by atoms with E-state index in [2.05, 4.69) is 17.8 Å². The Bertz CT molecular complexity index is 1230. The van der Waals surface area contributed by atoms with Crippen LogP contribution in [0.4, 0.5) is 5.69 Å². The third-order valence-corrected chi connectivity index (χ3v) is 6.36. The molecule has 0 spiro atoms. The zero-order valence-corrected chi connectivity index (χ0v) is 17.3. The molecule has 0 aliphatic rings. The van der Waals surface area contributed by atoms with Crippen molar-refractivity contribution in [3.63, 3.8) is 0 Å². The normalized spacial score (nSPS) is 10.5. The molecule has 0 aliphatic carbocycles. The third-order valence-electron chi connectivity index (χ3n) is 4.26. The van der Waals surface area contributed by atoms with Crippen molar-refractivity contribution in [2.24, 2.45) is 0 Å². The Kier molecular flexibility index (Phi) is 6.29. The summed E-state index contributed by atoms with van der Waals surface area (Å²) < 4.78 is 28.0. The molecule has 144 valence electrons. The molecule has 0 bridgehead atoms. The van der Waals surface area contributed by atoms with Crippen molar-refractivity contribution in [2.75, 3.05) is 10.8 Å². The van der Waals surface area contributed by atoms with Crippen molar-refractivity contribution >= 4 is 27.3 Å². The summed E-state index contributed by atoms with van der Waals surface area (Å²) in [5.74, 6) is 8.42. The highest BCUT2D eigenvalue weighted by Crippen LogP contribution is 2.26. The molecule has 0 saturated carbocycles. The number of terminal acetylenes is 1. The van der Waals surface area contributed by atoms with Crippen molar-refractivity contribution in [1.29, 1.82) is 0 Å². The molecular formula is C24H18ClNO2S. The Hall–Kier alpha value is -3.18. The summed E-state index contributed by atoms with van der Waals surface area (Å²) in [7, 11) is -3.87. The van der Waals surface area contributed by atoms with Gasteiger partial charge >= 0.3 is 0 Å². The minimum Gasteiger partial charge on any atom is -0.253 e. The van der Waals surface area contributed by atoms with Crippen LogP contribution in [-0.2, 0) is 10.0 Å². The standard InChI is InChI=1S/C24H18ClNO2S/c1-3-20-9-5-7-13-24(20)26(18-8-11-21-10-4-6-12-23(21)25)29(27,28)22-16-14-19(2)15-17-22/h1,4-7,9-10,12-17H,18H2,2H3. The minimum absolute atomic E-state index is 0.0693. The molecule has 3 nitrogen and oxygen atoms in total. The van der Waals surface area contributed by atoms with E-state index in [0.29, 0.717) is 21.8 Å². The van der Waals surface area contributed by atoms with Crippen molar-refractivity contribution in [1.82, 2.24) is 0 Å². The van der Waals surface area contributed by atoms with Gasteiger partial charge in [0.1, 0.15) is 0 Å². The van der Waals surface area contributed by atoms with Gasteiger partial charge in [-0.3, -0.25) is 4.31 Å². The van der Waals surface area contributed by atoms with Gasteiger partial charge in [0.05, 0.1) is 22.2 Å². The van der Waals surface area contributed by atoms with Crippen LogP contribution in [0, 0.1) is 31.1 Å². The molecule has 0 amide bonds.